The molecule has 0 saturated heterocycles. The average molecular weight is 194 g/mol. The Morgan fingerprint density at radius 3 is 2.23 bits per heavy atom. The first-order valence-corrected chi connectivity index (χ1v) is 3.89. The van der Waals surface area contributed by atoms with Crippen molar-refractivity contribution < 1.29 is 14.6 Å². The number of nitrogens with two attached hydrogens (primary N) is 4. The molecule has 80 valence electrons. The molecular formula is C6H18N4O3. The Hall–Kier alpha value is -0.280. The maximum absolute atomic E-state index is 8.86. The third kappa shape index (κ3) is 8.06. The van der Waals surface area contributed by atoms with E-state index in [2.05, 4.69) is 0 Å². The zero-order chi connectivity index (χ0) is 10.5. The number of aliphatic hydroxyl groups excluding tert-OH is 1. The second-order valence-corrected chi connectivity index (χ2v) is 2.76. The highest BCUT2D eigenvalue weighted by Crippen LogP contribution is 1.97. The zero-order valence-electron chi connectivity index (χ0n) is 7.64. The van der Waals surface area contributed by atoms with Gasteiger partial charge in [0.25, 0.3) is 0 Å². The molecular weight excluding hydrogens is 176 g/mol. The Kier molecular flexibility index (Phi) is 5.33. The highest BCUT2D eigenvalue weighted by atomic mass is 16.6. The lowest BCUT2D eigenvalue weighted by Gasteiger charge is -2.23. The molecule has 0 spiro atoms. The molecule has 0 aromatic rings. The monoisotopic (exact) mass is 194 g/mol. The third-order valence-electron chi connectivity index (χ3n) is 1.17. The van der Waals surface area contributed by atoms with Crippen molar-refractivity contribution >= 4 is 0 Å². The fourth-order valence-corrected chi connectivity index (χ4v) is 0.679. The van der Waals surface area contributed by atoms with E-state index in [0.717, 1.165) is 0 Å². The van der Waals surface area contributed by atoms with Crippen LogP contribution in [0.1, 0.15) is 6.92 Å². The van der Waals surface area contributed by atoms with Crippen LogP contribution in [0, 0.1) is 0 Å². The largest absolute Gasteiger partial charge is 0.368 e. The van der Waals surface area contributed by atoms with Gasteiger partial charge >= 0.3 is 0 Å². The van der Waals surface area contributed by atoms with E-state index in [1.807, 2.05) is 0 Å². The summed E-state index contributed by atoms with van der Waals surface area (Å²) in [6.45, 7) is 1.68. The van der Waals surface area contributed by atoms with Gasteiger partial charge in [-0.1, -0.05) is 0 Å². The highest BCUT2D eigenvalue weighted by molar-refractivity contribution is 4.60. The molecule has 13 heavy (non-hydrogen) atoms. The van der Waals surface area contributed by atoms with E-state index in [1.165, 1.54) is 6.92 Å². The molecule has 2 atom stereocenters. The van der Waals surface area contributed by atoms with Crippen molar-refractivity contribution in [2.45, 2.75) is 25.3 Å². The first kappa shape index (κ1) is 12.7. The molecule has 0 bridgehead atoms. The highest BCUT2D eigenvalue weighted by Gasteiger charge is 2.17. The lowest BCUT2D eigenvalue weighted by Crippen LogP contribution is -2.61. The van der Waals surface area contributed by atoms with E-state index in [9.17, 15) is 0 Å². The van der Waals surface area contributed by atoms with Gasteiger partial charge < -0.3 is 20.3 Å². The van der Waals surface area contributed by atoms with Gasteiger partial charge in [-0.25, -0.2) is 0 Å². The molecule has 0 rings (SSSR count). The van der Waals surface area contributed by atoms with Gasteiger partial charge in [0.05, 0.1) is 12.7 Å². The van der Waals surface area contributed by atoms with Crippen LogP contribution in [0.4, 0.5) is 0 Å². The van der Waals surface area contributed by atoms with Crippen LogP contribution in [0.2, 0.25) is 0 Å². The summed E-state index contributed by atoms with van der Waals surface area (Å²) in [4.78, 5) is 0. The Balaban J connectivity index is 3.72. The Bertz CT molecular complexity index is 136. The summed E-state index contributed by atoms with van der Waals surface area (Å²) in [5.41, 5.74) is 20.7. The predicted molar refractivity (Wildman–Crippen MR) is 46.9 cm³/mol. The van der Waals surface area contributed by atoms with E-state index >= 15 is 0 Å². The molecule has 0 saturated carbocycles. The van der Waals surface area contributed by atoms with Crippen molar-refractivity contribution in [1.82, 2.24) is 0 Å². The van der Waals surface area contributed by atoms with Crippen LogP contribution in [-0.2, 0) is 9.47 Å². The number of hydrogen-bond donors (Lipinski definition) is 5. The van der Waals surface area contributed by atoms with Crippen molar-refractivity contribution in [3.63, 3.8) is 0 Å². The summed E-state index contributed by atoms with van der Waals surface area (Å²) in [5.74, 6) is -1.70. The van der Waals surface area contributed by atoms with Crippen LogP contribution in [0.15, 0.2) is 0 Å². The standard InChI is InChI=1S/C6H18N4O3/c1-4(11)13-5(2-7)3-12-6(8,9)10/h4-5,11H,2-3,7-10H2,1H3. The van der Waals surface area contributed by atoms with E-state index in [0.29, 0.717) is 0 Å². The molecule has 7 heteroatoms. The number of rotatable bonds is 6. The summed E-state index contributed by atoms with van der Waals surface area (Å²) < 4.78 is 9.73. The van der Waals surface area contributed by atoms with Crippen LogP contribution in [0.5, 0.6) is 0 Å². The molecule has 0 heterocycles. The van der Waals surface area contributed by atoms with E-state index in [1.54, 1.807) is 0 Å². The van der Waals surface area contributed by atoms with E-state index < -0.39 is 18.4 Å². The quantitative estimate of drug-likeness (QED) is 0.287. The molecule has 0 radical (unpaired) electrons. The van der Waals surface area contributed by atoms with Gasteiger partial charge in [0.15, 0.2) is 6.29 Å². The second-order valence-electron chi connectivity index (χ2n) is 2.76. The fourth-order valence-electron chi connectivity index (χ4n) is 0.679. The Morgan fingerprint density at radius 2 is 1.92 bits per heavy atom. The van der Waals surface area contributed by atoms with Crippen LogP contribution < -0.4 is 22.9 Å². The molecule has 7 nitrogen and oxygen atoms in total. The predicted octanol–water partition coefficient (Wildman–Crippen LogP) is -2.83. The fraction of sp³-hybridized carbons (Fsp3) is 1.00. The third-order valence-corrected chi connectivity index (χ3v) is 1.17. The van der Waals surface area contributed by atoms with Gasteiger partial charge in [-0.3, -0.25) is 17.2 Å². The number of ether oxygens (including phenoxy) is 2. The Labute approximate surface area is 76.9 Å². The topological polar surface area (TPSA) is 143 Å². The van der Waals surface area contributed by atoms with Gasteiger partial charge in [-0.05, 0) is 6.92 Å². The molecule has 0 amide bonds. The van der Waals surface area contributed by atoms with Gasteiger partial charge in [0.2, 0.25) is 5.97 Å². The molecule has 0 fully saturated rings. The maximum atomic E-state index is 8.86. The molecule has 9 N–H and O–H groups in total. The van der Waals surface area contributed by atoms with Gasteiger partial charge in [-0.2, -0.15) is 0 Å². The molecule has 2 unspecified atom stereocenters. The van der Waals surface area contributed by atoms with E-state index in [-0.39, 0.29) is 13.2 Å². The average Bonchev–Trinajstić information content (AvgIpc) is 1.95. The van der Waals surface area contributed by atoms with Crippen molar-refractivity contribution in [3.05, 3.63) is 0 Å². The van der Waals surface area contributed by atoms with Gasteiger partial charge in [-0.15, -0.1) is 0 Å². The summed E-state index contributed by atoms with van der Waals surface area (Å²) in [6.07, 6.45) is -1.39. The van der Waals surface area contributed by atoms with Gasteiger partial charge in [0, 0.05) is 6.54 Å². The maximum Gasteiger partial charge on any atom is 0.227 e. The first-order chi connectivity index (χ1) is 5.85. The van der Waals surface area contributed by atoms with Crippen molar-refractivity contribution in [2.75, 3.05) is 13.2 Å². The van der Waals surface area contributed by atoms with Crippen LogP contribution >= 0.6 is 0 Å². The summed E-state index contributed by atoms with van der Waals surface area (Å²) in [7, 11) is 0. The molecule has 0 aliphatic heterocycles. The minimum absolute atomic E-state index is 0.0326. The Morgan fingerprint density at radius 1 is 1.38 bits per heavy atom. The van der Waals surface area contributed by atoms with Crippen molar-refractivity contribution in [3.8, 4) is 0 Å². The van der Waals surface area contributed by atoms with E-state index in [4.69, 9.17) is 37.5 Å². The molecule has 0 aliphatic rings. The van der Waals surface area contributed by atoms with Crippen LogP contribution in [0.3, 0.4) is 0 Å². The van der Waals surface area contributed by atoms with Crippen LogP contribution in [0.25, 0.3) is 0 Å². The SMILES string of the molecule is CC(O)OC(CN)COC(N)(N)N. The number of hydrogen-bond acceptors (Lipinski definition) is 7. The van der Waals surface area contributed by atoms with Crippen LogP contribution in [-0.4, -0.2) is 36.6 Å². The summed E-state index contributed by atoms with van der Waals surface area (Å²) >= 11 is 0. The number of aliphatic hydroxyl groups is 1. The second kappa shape index (κ2) is 5.45. The van der Waals surface area contributed by atoms with Crippen molar-refractivity contribution in [1.29, 1.82) is 0 Å². The lowest BCUT2D eigenvalue weighted by molar-refractivity contribution is -0.157. The molecule has 0 aromatic heterocycles. The molecule has 0 aliphatic carbocycles. The minimum Gasteiger partial charge on any atom is -0.368 e. The first-order valence-electron chi connectivity index (χ1n) is 3.89. The van der Waals surface area contributed by atoms with Gasteiger partial charge in [0.1, 0.15) is 0 Å². The normalized spacial score (nSPS) is 17.1. The smallest absolute Gasteiger partial charge is 0.227 e. The lowest BCUT2D eigenvalue weighted by atomic mass is 10.4. The zero-order valence-corrected chi connectivity index (χ0v) is 7.64. The summed E-state index contributed by atoms with van der Waals surface area (Å²) in [6, 6.07) is 0. The van der Waals surface area contributed by atoms with Crippen molar-refractivity contribution in [2.24, 2.45) is 22.9 Å². The molecule has 0 aromatic carbocycles. The summed E-state index contributed by atoms with van der Waals surface area (Å²) in [5, 5.41) is 8.86. The minimum atomic E-state index is -1.70.